The Balaban J connectivity index is 1.75. The topological polar surface area (TPSA) is 68.0 Å². The summed E-state index contributed by atoms with van der Waals surface area (Å²) < 4.78 is 44.1. The standard InChI is InChI=1S/C19H24F3N3O2/c1-18(2,3)9-15-14-7-11(10-23-17(14)27-25-15)16(26)24-13-6-4-5-12(8-13)19(20,21)22/h7,10,12-13H,4-6,8-9H2,1-3H3,(H,24,26)/t12-,13-/m1/s1. The highest BCUT2D eigenvalue weighted by molar-refractivity contribution is 5.97. The van der Waals surface area contributed by atoms with Crippen molar-refractivity contribution in [2.24, 2.45) is 11.3 Å². The number of halogens is 3. The van der Waals surface area contributed by atoms with Gasteiger partial charge < -0.3 is 9.84 Å². The molecule has 8 heteroatoms. The Kier molecular flexibility index (Phi) is 5.18. The lowest BCUT2D eigenvalue weighted by atomic mass is 9.85. The number of hydrogen-bond donors (Lipinski definition) is 1. The number of hydrogen-bond acceptors (Lipinski definition) is 4. The molecule has 27 heavy (non-hydrogen) atoms. The average Bonchev–Trinajstić information content (AvgIpc) is 2.95. The molecule has 2 aromatic rings. The summed E-state index contributed by atoms with van der Waals surface area (Å²) in [4.78, 5) is 16.7. The second-order valence-corrected chi connectivity index (χ2v) is 8.52. The van der Waals surface area contributed by atoms with Crippen LogP contribution < -0.4 is 5.32 Å². The van der Waals surface area contributed by atoms with Gasteiger partial charge in [0.25, 0.3) is 11.6 Å². The van der Waals surface area contributed by atoms with Gasteiger partial charge in [0.15, 0.2) is 0 Å². The normalized spacial score (nSPS) is 21.4. The molecule has 1 aliphatic rings. The van der Waals surface area contributed by atoms with Gasteiger partial charge in [0.1, 0.15) is 0 Å². The van der Waals surface area contributed by atoms with Gasteiger partial charge in [-0.3, -0.25) is 4.79 Å². The van der Waals surface area contributed by atoms with E-state index >= 15 is 0 Å². The van der Waals surface area contributed by atoms with Gasteiger partial charge in [0.2, 0.25) is 0 Å². The zero-order valence-corrected chi connectivity index (χ0v) is 15.7. The Labute approximate surface area is 155 Å². The molecule has 1 saturated carbocycles. The van der Waals surface area contributed by atoms with Crippen molar-refractivity contribution in [2.45, 2.75) is 65.1 Å². The highest BCUT2D eigenvalue weighted by Crippen LogP contribution is 2.37. The van der Waals surface area contributed by atoms with Crippen LogP contribution in [0.2, 0.25) is 0 Å². The molecule has 0 aromatic carbocycles. The number of amides is 1. The fourth-order valence-corrected chi connectivity index (χ4v) is 3.52. The van der Waals surface area contributed by atoms with E-state index in [9.17, 15) is 18.0 Å². The quantitative estimate of drug-likeness (QED) is 0.837. The number of fused-ring (bicyclic) bond motifs is 1. The first kappa shape index (κ1) is 19.6. The molecule has 5 nitrogen and oxygen atoms in total. The highest BCUT2D eigenvalue weighted by atomic mass is 19.4. The van der Waals surface area contributed by atoms with Crippen LogP contribution in [0, 0.1) is 11.3 Å². The maximum Gasteiger partial charge on any atom is 0.391 e. The summed E-state index contributed by atoms with van der Waals surface area (Å²) in [5, 5.41) is 7.43. The Morgan fingerprint density at radius 1 is 1.30 bits per heavy atom. The van der Waals surface area contributed by atoms with Crippen molar-refractivity contribution in [2.75, 3.05) is 0 Å². The summed E-state index contributed by atoms with van der Waals surface area (Å²) in [6.07, 6.45) is -1.14. The minimum absolute atomic E-state index is 0.0171. The van der Waals surface area contributed by atoms with Gasteiger partial charge in [-0.15, -0.1) is 0 Å². The molecular formula is C19H24F3N3O2. The summed E-state index contributed by atoms with van der Waals surface area (Å²) in [5.41, 5.74) is 1.35. The van der Waals surface area contributed by atoms with E-state index in [0.717, 1.165) is 5.69 Å². The number of rotatable bonds is 3. The molecule has 1 fully saturated rings. The number of carbonyl (C=O) groups excluding carboxylic acids is 1. The number of pyridine rings is 1. The number of aromatic nitrogens is 2. The van der Waals surface area contributed by atoms with E-state index in [1.165, 1.54) is 6.20 Å². The van der Waals surface area contributed by atoms with Gasteiger partial charge in [-0.2, -0.15) is 13.2 Å². The maximum atomic E-state index is 13.0. The predicted octanol–water partition coefficient (Wildman–Crippen LogP) is 4.66. The molecule has 148 valence electrons. The van der Waals surface area contributed by atoms with Crippen LogP contribution >= 0.6 is 0 Å². The lowest BCUT2D eigenvalue weighted by molar-refractivity contribution is -0.183. The SMILES string of the molecule is CC(C)(C)Cc1noc2ncc(C(=O)N[C@@H]3CCC[C@@H](C(F)(F)F)C3)cc12. The maximum absolute atomic E-state index is 13.0. The van der Waals surface area contributed by atoms with Crippen LogP contribution in [0.4, 0.5) is 13.2 Å². The fraction of sp³-hybridized carbons (Fsp3) is 0.632. The first-order valence-electron chi connectivity index (χ1n) is 9.15. The van der Waals surface area contributed by atoms with Gasteiger partial charge in [-0.25, -0.2) is 4.98 Å². The van der Waals surface area contributed by atoms with Gasteiger partial charge in [0.05, 0.1) is 22.6 Å². The first-order chi connectivity index (χ1) is 12.5. The Morgan fingerprint density at radius 3 is 2.70 bits per heavy atom. The highest BCUT2D eigenvalue weighted by Gasteiger charge is 2.42. The monoisotopic (exact) mass is 383 g/mol. The van der Waals surface area contributed by atoms with Gasteiger partial charge in [-0.1, -0.05) is 32.3 Å². The molecule has 3 rings (SSSR count). The summed E-state index contributed by atoms with van der Waals surface area (Å²) in [6.45, 7) is 6.20. The van der Waals surface area contributed by atoms with Crippen molar-refractivity contribution in [3.8, 4) is 0 Å². The number of carbonyl (C=O) groups is 1. The van der Waals surface area contributed by atoms with Gasteiger partial charge >= 0.3 is 6.18 Å². The van der Waals surface area contributed by atoms with Crippen molar-refractivity contribution in [1.82, 2.24) is 15.5 Å². The van der Waals surface area contributed by atoms with Crippen molar-refractivity contribution in [1.29, 1.82) is 0 Å². The Hall–Kier alpha value is -2.12. The third-order valence-corrected chi connectivity index (χ3v) is 4.84. The number of nitrogens with zero attached hydrogens (tertiary/aromatic N) is 2. The molecule has 1 N–H and O–H groups in total. The van der Waals surface area contributed by atoms with E-state index in [4.69, 9.17) is 4.52 Å². The third-order valence-electron chi connectivity index (χ3n) is 4.84. The van der Waals surface area contributed by atoms with Crippen molar-refractivity contribution >= 4 is 17.0 Å². The summed E-state index contributed by atoms with van der Waals surface area (Å²) in [7, 11) is 0. The zero-order valence-electron chi connectivity index (χ0n) is 15.7. The van der Waals surface area contributed by atoms with Crippen LogP contribution in [0.15, 0.2) is 16.8 Å². The second-order valence-electron chi connectivity index (χ2n) is 8.52. The molecule has 0 bridgehead atoms. The lowest BCUT2D eigenvalue weighted by Crippen LogP contribution is -2.41. The van der Waals surface area contributed by atoms with Crippen molar-refractivity contribution in [3.63, 3.8) is 0 Å². The van der Waals surface area contributed by atoms with Crippen LogP contribution in [-0.2, 0) is 6.42 Å². The third kappa shape index (κ3) is 4.78. The smallest absolute Gasteiger partial charge is 0.349 e. The largest absolute Gasteiger partial charge is 0.391 e. The summed E-state index contributed by atoms with van der Waals surface area (Å²) in [6, 6.07) is 1.17. The van der Waals surface area contributed by atoms with Crippen LogP contribution in [0.5, 0.6) is 0 Å². The lowest BCUT2D eigenvalue weighted by Gasteiger charge is -2.31. The van der Waals surface area contributed by atoms with E-state index < -0.39 is 24.0 Å². The van der Waals surface area contributed by atoms with Crippen LogP contribution in [0.1, 0.15) is 62.5 Å². The molecule has 0 aliphatic heterocycles. The molecule has 1 aliphatic carbocycles. The van der Waals surface area contributed by atoms with Crippen LogP contribution in [0.3, 0.4) is 0 Å². The van der Waals surface area contributed by atoms with Crippen molar-refractivity contribution < 1.29 is 22.5 Å². The molecule has 2 atom stereocenters. The Bertz CT molecular complexity index is 824. The zero-order chi connectivity index (χ0) is 19.8. The van der Waals surface area contributed by atoms with E-state index in [1.54, 1.807) is 6.07 Å². The summed E-state index contributed by atoms with van der Waals surface area (Å²) in [5.74, 6) is -1.77. The number of alkyl halides is 3. The molecule has 0 unspecified atom stereocenters. The minimum atomic E-state index is -4.21. The molecule has 2 aromatic heterocycles. The van der Waals surface area contributed by atoms with Crippen LogP contribution in [0.25, 0.3) is 11.1 Å². The predicted molar refractivity (Wildman–Crippen MR) is 94.2 cm³/mol. The average molecular weight is 383 g/mol. The van der Waals surface area contributed by atoms with E-state index in [1.807, 2.05) is 0 Å². The van der Waals surface area contributed by atoms with E-state index in [2.05, 4.69) is 36.2 Å². The van der Waals surface area contributed by atoms with Gasteiger partial charge in [-0.05, 0) is 37.2 Å². The fourth-order valence-electron chi connectivity index (χ4n) is 3.52. The summed E-state index contributed by atoms with van der Waals surface area (Å²) >= 11 is 0. The molecule has 0 saturated heterocycles. The molecule has 0 spiro atoms. The second kappa shape index (κ2) is 7.13. The van der Waals surface area contributed by atoms with Crippen molar-refractivity contribution in [3.05, 3.63) is 23.5 Å². The minimum Gasteiger partial charge on any atom is -0.349 e. The van der Waals surface area contributed by atoms with Crippen LogP contribution in [-0.4, -0.2) is 28.3 Å². The molecule has 0 radical (unpaired) electrons. The molecule has 1 amide bonds. The van der Waals surface area contributed by atoms with Gasteiger partial charge in [0, 0.05) is 12.2 Å². The Morgan fingerprint density at radius 2 is 2.04 bits per heavy atom. The molecular weight excluding hydrogens is 359 g/mol. The first-order valence-corrected chi connectivity index (χ1v) is 9.15. The van der Waals surface area contributed by atoms with E-state index in [0.29, 0.717) is 35.9 Å². The van der Waals surface area contributed by atoms with E-state index in [-0.39, 0.29) is 18.3 Å². The number of nitrogens with one attached hydrogen (secondary N) is 1. The molecule has 2 heterocycles.